The van der Waals surface area contributed by atoms with E-state index in [1.165, 1.54) is 16.2 Å². The van der Waals surface area contributed by atoms with Gasteiger partial charge in [0, 0.05) is 25.2 Å². The van der Waals surface area contributed by atoms with E-state index in [9.17, 15) is 14.4 Å². The van der Waals surface area contributed by atoms with E-state index in [4.69, 9.17) is 16.3 Å². The third kappa shape index (κ3) is 4.26. The number of anilines is 2. The molecule has 2 aliphatic rings. The van der Waals surface area contributed by atoms with Gasteiger partial charge in [-0.05, 0) is 52.7 Å². The number of halogens is 2. The lowest BCUT2D eigenvalue weighted by Gasteiger charge is -2.27. The summed E-state index contributed by atoms with van der Waals surface area (Å²) in [4.78, 5) is 40.5. The standard InChI is InChI=1S/C19H17BrClN3O4S/c20-16-5-4-15(29-16)18(26)22-11-8-17(25)24(10-11)12-2-3-14(13(21)9-12)23-6-1-7-28-19(23)27/h2-5,9,11H,1,6-8,10H2,(H,22,26). The second kappa shape index (κ2) is 8.33. The van der Waals surface area contributed by atoms with Crippen LogP contribution in [-0.2, 0) is 9.53 Å². The van der Waals surface area contributed by atoms with Crippen LogP contribution in [0.4, 0.5) is 16.2 Å². The van der Waals surface area contributed by atoms with Crippen LogP contribution in [0.3, 0.4) is 0 Å². The first kappa shape index (κ1) is 20.2. The number of ether oxygens (including phenoxy) is 1. The van der Waals surface area contributed by atoms with Gasteiger partial charge in [-0.15, -0.1) is 11.3 Å². The molecule has 10 heteroatoms. The monoisotopic (exact) mass is 497 g/mol. The fourth-order valence-corrected chi connectivity index (χ4v) is 4.97. The molecular formula is C19H17BrClN3O4S. The first-order chi connectivity index (χ1) is 13.9. The number of hydrogen-bond acceptors (Lipinski definition) is 5. The van der Waals surface area contributed by atoms with Crippen LogP contribution in [0, 0.1) is 0 Å². The summed E-state index contributed by atoms with van der Waals surface area (Å²) in [6.07, 6.45) is 0.526. The van der Waals surface area contributed by atoms with Crippen molar-refractivity contribution in [2.24, 2.45) is 0 Å². The van der Waals surface area contributed by atoms with Crippen molar-refractivity contribution in [3.63, 3.8) is 0 Å². The van der Waals surface area contributed by atoms with Gasteiger partial charge in [-0.25, -0.2) is 4.79 Å². The fourth-order valence-electron chi connectivity index (χ4n) is 3.40. The normalized spacial score (nSPS) is 19.4. The van der Waals surface area contributed by atoms with Gasteiger partial charge in [0.25, 0.3) is 5.91 Å². The smallest absolute Gasteiger partial charge is 0.414 e. The summed E-state index contributed by atoms with van der Waals surface area (Å²) in [6, 6.07) is 8.40. The number of amides is 3. The number of cyclic esters (lactones) is 1. The van der Waals surface area contributed by atoms with Crippen LogP contribution in [0.5, 0.6) is 0 Å². The second-order valence-electron chi connectivity index (χ2n) is 6.74. The molecule has 2 aliphatic heterocycles. The zero-order valence-corrected chi connectivity index (χ0v) is 18.3. The number of carbonyl (C=O) groups excluding carboxylic acids is 3. The first-order valence-corrected chi connectivity index (χ1v) is 11.0. The van der Waals surface area contributed by atoms with E-state index in [2.05, 4.69) is 21.2 Å². The van der Waals surface area contributed by atoms with Gasteiger partial charge in [-0.2, -0.15) is 0 Å². The summed E-state index contributed by atoms with van der Waals surface area (Å²) >= 11 is 11.1. The number of thiophene rings is 1. The lowest BCUT2D eigenvalue weighted by molar-refractivity contribution is -0.117. The van der Waals surface area contributed by atoms with Crippen LogP contribution in [0.25, 0.3) is 0 Å². The van der Waals surface area contributed by atoms with Gasteiger partial charge in [0.15, 0.2) is 0 Å². The first-order valence-electron chi connectivity index (χ1n) is 9.03. The van der Waals surface area contributed by atoms with E-state index in [0.717, 1.165) is 10.2 Å². The Morgan fingerprint density at radius 3 is 2.76 bits per heavy atom. The van der Waals surface area contributed by atoms with Crippen molar-refractivity contribution >= 4 is 68.2 Å². The number of rotatable bonds is 4. The Morgan fingerprint density at radius 2 is 2.07 bits per heavy atom. The van der Waals surface area contributed by atoms with Crippen LogP contribution in [0.2, 0.25) is 5.02 Å². The molecule has 0 bridgehead atoms. The van der Waals surface area contributed by atoms with Gasteiger partial charge < -0.3 is 15.0 Å². The lowest BCUT2D eigenvalue weighted by atomic mass is 10.2. The maximum absolute atomic E-state index is 12.5. The average molecular weight is 499 g/mol. The number of nitrogens with zero attached hydrogens (tertiary/aromatic N) is 2. The van der Waals surface area contributed by atoms with Crippen LogP contribution in [0.1, 0.15) is 22.5 Å². The molecule has 1 atom stereocenters. The maximum atomic E-state index is 12.5. The van der Waals surface area contributed by atoms with Crippen LogP contribution in [-0.4, -0.2) is 43.6 Å². The van der Waals surface area contributed by atoms with Crippen molar-refractivity contribution in [3.05, 3.63) is 44.0 Å². The molecule has 1 unspecified atom stereocenters. The summed E-state index contributed by atoms with van der Waals surface area (Å²) in [6.45, 7) is 1.30. The number of carbonyl (C=O) groups is 3. The molecule has 0 aliphatic carbocycles. The molecule has 3 amide bonds. The molecule has 2 aromatic rings. The van der Waals surface area contributed by atoms with Gasteiger partial charge in [0.2, 0.25) is 5.91 Å². The van der Waals surface area contributed by atoms with Gasteiger partial charge in [-0.1, -0.05) is 11.6 Å². The Hall–Kier alpha value is -2.10. The largest absolute Gasteiger partial charge is 0.449 e. The predicted molar refractivity (Wildman–Crippen MR) is 115 cm³/mol. The van der Waals surface area contributed by atoms with Crippen molar-refractivity contribution in [1.29, 1.82) is 0 Å². The fraction of sp³-hybridized carbons (Fsp3) is 0.316. The number of hydrogen-bond donors (Lipinski definition) is 1. The van der Waals surface area contributed by atoms with Gasteiger partial charge in [-0.3, -0.25) is 14.5 Å². The molecule has 0 spiro atoms. The highest BCUT2D eigenvalue weighted by atomic mass is 79.9. The van der Waals surface area contributed by atoms with E-state index in [-0.39, 0.29) is 24.3 Å². The minimum atomic E-state index is -0.425. The Kier molecular flexibility index (Phi) is 5.80. The lowest BCUT2D eigenvalue weighted by Crippen LogP contribution is -2.38. The quantitative estimate of drug-likeness (QED) is 0.690. The van der Waals surface area contributed by atoms with Gasteiger partial charge in [0.05, 0.1) is 32.0 Å². The minimum Gasteiger partial charge on any atom is -0.449 e. The highest BCUT2D eigenvalue weighted by Gasteiger charge is 2.33. The van der Waals surface area contributed by atoms with E-state index >= 15 is 0 Å². The molecule has 29 heavy (non-hydrogen) atoms. The van der Waals surface area contributed by atoms with Crippen molar-refractivity contribution in [2.75, 3.05) is 29.5 Å². The molecule has 2 saturated heterocycles. The highest BCUT2D eigenvalue weighted by molar-refractivity contribution is 9.11. The molecule has 0 saturated carbocycles. The highest BCUT2D eigenvalue weighted by Crippen LogP contribution is 2.33. The van der Waals surface area contributed by atoms with Crippen LogP contribution in [0.15, 0.2) is 34.1 Å². The number of nitrogens with one attached hydrogen (secondary N) is 1. The number of benzene rings is 1. The predicted octanol–water partition coefficient (Wildman–Crippen LogP) is 4.05. The molecule has 7 nitrogen and oxygen atoms in total. The van der Waals surface area contributed by atoms with Crippen LogP contribution < -0.4 is 15.1 Å². The molecular weight excluding hydrogens is 482 g/mol. The third-order valence-electron chi connectivity index (χ3n) is 4.76. The minimum absolute atomic E-state index is 0.0936. The van der Waals surface area contributed by atoms with E-state index < -0.39 is 6.09 Å². The molecule has 152 valence electrons. The van der Waals surface area contributed by atoms with E-state index in [0.29, 0.717) is 41.0 Å². The van der Waals surface area contributed by atoms with Crippen molar-refractivity contribution < 1.29 is 19.1 Å². The van der Waals surface area contributed by atoms with Crippen LogP contribution >= 0.6 is 38.9 Å². The van der Waals surface area contributed by atoms with E-state index in [1.54, 1.807) is 29.2 Å². The molecule has 3 heterocycles. The SMILES string of the molecule is O=C(NC1CC(=O)N(c2ccc(N3CCCOC3=O)c(Cl)c2)C1)c1ccc(Br)s1. The Bertz CT molecular complexity index is 982. The Labute approximate surface area is 184 Å². The molecule has 1 aromatic heterocycles. The van der Waals surface area contributed by atoms with Crippen molar-refractivity contribution in [2.45, 2.75) is 18.9 Å². The third-order valence-corrected chi connectivity index (χ3v) is 6.69. The summed E-state index contributed by atoms with van der Waals surface area (Å²) in [5.41, 5.74) is 1.18. The summed E-state index contributed by atoms with van der Waals surface area (Å²) in [7, 11) is 0. The summed E-state index contributed by atoms with van der Waals surface area (Å²) in [5.74, 6) is -0.291. The van der Waals surface area contributed by atoms with E-state index in [1.807, 2.05) is 6.07 Å². The molecule has 1 N–H and O–H groups in total. The summed E-state index contributed by atoms with van der Waals surface area (Å²) in [5, 5.41) is 3.27. The zero-order valence-electron chi connectivity index (χ0n) is 15.2. The Morgan fingerprint density at radius 1 is 1.24 bits per heavy atom. The van der Waals surface area contributed by atoms with Gasteiger partial charge in [0.1, 0.15) is 0 Å². The topological polar surface area (TPSA) is 79.0 Å². The molecule has 0 radical (unpaired) electrons. The summed E-state index contributed by atoms with van der Waals surface area (Å²) < 4.78 is 5.93. The molecule has 2 fully saturated rings. The maximum Gasteiger partial charge on any atom is 0.414 e. The van der Waals surface area contributed by atoms with Crippen molar-refractivity contribution in [1.82, 2.24) is 5.32 Å². The zero-order chi connectivity index (χ0) is 20.5. The average Bonchev–Trinajstić information content (AvgIpc) is 3.28. The van der Waals surface area contributed by atoms with Crippen molar-refractivity contribution in [3.8, 4) is 0 Å². The second-order valence-corrected chi connectivity index (χ2v) is 9.61. The Balaban J connectivity index is 1.46. The molecule has 1 aromatic carbocycles. The van der Waals surface area contributed by atoms with Gasteiger partial charge >= 0.3 is 6.09 Å². The molecule has 4 rings (SSSR count).